The summed E-state index contributed by atoms with van der Waals surface area (Å²) in [4.78, 5) is 12.5. The highest BCUT2D eigenvalue weighted by atomic mass is 32.2. The molecule has 2 aromatic rings. The van der Waals surface area contributed by atoms with Crippen LogP contribution < -0.4 is 14.8 Å². The summed E-state index contributed by atoms with van der Waals surface area (Å²) >= 11 is 0. The van der Waals surface area contributed by atoms with Gasteiger partial charge in [0.1, 0.15) is 0 Å². The van der Waals surface area contributed by atoms with Gasteiger partial charge < -0.3 is 5.32 Å². The number of rotatable bonds is 9. The Bertz CT molecular complexity index is 1170. The first-order valence-electron chi connectivity index (χ1n) is 9.04. The van der Waals surface area contributed by atoms with Crippen molar-refractivity contribution in [2.24, 2.45) is 0 Å². The Morgan fingerprint density at radius 3 is 2.27 bits per heavy atom. The molecule has 30 heavy (non-hydrogen) atoms. The van der Waals surface area contributed by atoms with E-state index >= 15 is 0 Å². The lowest BCUT2D eigenvalue weighted by molar-refractivity contribution is 0.102. The molecule has 0 bridgehead atoms. The highest BCUT2D eigenvalue weighted by Crippen LogP contribution is 2.25. The van der Waals surface area contributed by atoms with Crippen LogP contribution in [-0.4, -0.2) is 35.0 Å². The van der Waals surface area contributed by atoms with Crippen LogP contribution in [0.15, 0.2) is 47.4 Å². The molecule has 0 aliphatic heterocycles. The maximum atomic E-state index is 12.6. The maximum absolute atomic E-state index is 12.6. The van der Waals surface area contributed by atoms with Crippen LogP contribution in [0, 0.1) is 19.3 Å². The molecule has 0 fully saturated rings. The van der Waals surface area contributed by atoms with Crippen LogP contribution in [0.4, 0.5) is 11.4 Å². The van der Waals surface area contributed by atoms with E-state index in [-0.39, 0.29) is 22.8 Å². The van der Waals surface area contributed by atoms with Crippen LogP contribution >= 0.6 is 0 Å². The molecule has 0 radical (unpaired) electrons. The van der Waals surface area contributed by atoms with Gasteiger partial charge in [0.15, 0.2) is 0 Å². The summed E-state index contributed by atoms with van der Waals surface area (Å²) in [6.45, 7) is 3.32. The number of benzene rings is 2. The van der Waals surface area contributed by atoms with E-state index in [0.29, 0.717) is 23.4 Å². The standard InChI is InChI=1S/C20H23N3O5S2/c1-4-13-21-30(27,28)17-11-9-16(10-12-17)20(24)22-18-7-6-8-19(15(18)3)23-29(25,26)14-5-2/h1,6-12,21,23H,5,13-14H2,2-3H3,(H,22,24). The van der Waals surface area contributed by atoms with Crippen molar-refractivity contribution in [1.29, 1.82) is 0 Å². The van der Waals surface area contributed by atoms with Crippen LogP contribution in [0.25, 0.3) is 0 Å². The molecule has 0 spiro atoms. The van der Waals surface area contributed by atoms with Crippen LogP contribution in [-0.2, 0) is 20.0 Å². The van der Waals surface area contributed by atoms with E-state index in [4.69, 9.17) is 6.42 Å². The summed E-state index contributed by atoms with van der Waals surface area (Å²) in [5, 5.41) is 2.71. The van der Waals surface area contributed by atoms with E-state index < -0.39 is 26.0 Å². The number of hydrogen-bond acceptors (Lipinski definition) is 5. The summed E-state index contributed by atoms with van der Waals surface area (Å²) in [6, 6.07) is 10.2. The monoisotopic (exact) mass is 449 g/mol. The Labute approximate surface area is 177 Å². The normalized spacial score (nSPS) is 11.5. The second-order valence-corrected chi connectivity index (χ2v) is 10.0. The fourth-order valence-corrected chi connectivity index (χ4v) is 4.70. The van der Waals surface area contributed by atoms with E-state index in [2.05, 4.69) is 20.7 Å². The molecule has 0 aliphatic rings. The van der Waals surface area contributed by atoms with Crippen molar-refractivity contribution in [2.75, 3.05) is 22.3 Å². The molecule has 0 saturated heterocycles. The Kier molecular flexibility index (Phi) is 7.61. The molecule has 0 aliphatic carbocycles. The lowest BCUT2D eigenvalue weighted by atomic mass is 10.1. The zero-order chi connectivity index (χ0) is 22.4. The fourth-order valence-electron chi connectivity index (χ4n) is 2.57. The number of hydrogen-bond donors (Lipinski definition) is 3. The molecule has 0 heterocycles. The lowest BCUT2D eigenvalue weighted by Crippen LogP contribution is -2.24. The van der Waals surface area contributed by atoms with Crippen molar-refractivity contribution in [2.45, 2.75) is 25.2 Å². The highest BCUT2D eigenvalue weighted by molar-refractivity contribution is 7.92. The van der Waals surface area contributed by atoms with Crippen molar-refractivity contribution in [1.82, 2.24) is 4.72 Å². The number of carbonyl (C=O) groups is 1. The highest BCUT2D eigenvalue weighted by Gasteiger charge is 2.16. The van der Waals surface area contributed by atoms with Gasteiger partial charge in [-0.05, 0) is 55.3 Å². The molecular formula is C20H23N3O5S2. The van der Waals surface area contributed by atoms with Gasteiger partial charge >= 0.3 is 0 Å². The molecule has 2 aromatic carbocycles. The second kappa shape index (κ2) is 9.75. The van der Waals surface area contributed by atoms with Gasteiger partial charge in [-0.1, -0.05) is 18.9 Å². The van der Waals surface area contributed by atoms with Gasteiger partial charge in [0, 0.05) is 11.3 Å². The number of amides is 1. The first-order valence-corrected chi connectivity index (χ1v) is 12.2. The lowest BCUT2D eigenvalue weighted by Gasteiger charge is -2.14. The summed E-state index contributed by atoms with van der Waals surface area (Å²) in [5.41, 5.74) is 1.61. The summed E-state index contributed by atoms with van der Waals surface area (Å²) in [5.74, 6) is 1.71. The van der Waals surface area contributed by atoms with Crippen molar-refractivity contribution in [3.8, 4) is 12.3 Å². The third kappa shape index (κ3) is 6.06. The quantitative estimate of drug-likeness (QED) is 0.507. The van der Waals surface area contributed by atoms with Crippen molar-refractivity contribution < 1.29 is 21.6 Å². The first kappa shape index (κ1) is 23.4. The molecule has 8 nitrogen and oxygen atoms in total. The van der Waals surface area contributed by atoms with Gasteiger partial charge in [0.2, 0.25) is 20.0 Å². The van der Waals surface area contributed by atoms with E-state index in [1.807, 2.05) is 0 Å². The second-order valence-electron chi connectivity index (χ2n) is 6.41. The SMILES string of the molecule is C#CCNS(=O)(=O)c1ccc(C(=O)Nc2cccc(NS(=O)(=O)CCC)c2C)cc1. The molecule has 0 unspecified atom stereocenters. The minimum atomic E-state index is -3.75. The third-order valence-electron chi connectivity index (χ3n) is 4.11. The van der Waals surface area contributed by atoms with Crippen molar-refractivity contribution in [3.05, 3.63) is 53.6 Å². The third-order valence-corrected chi connectivity index (χ3v) is 7.01. The molecule has 1 amide bonds. The molecule has 10 heteroatoms. The zero-order valence-electron chi connectivity index (χ0n) is 16.6. The van der Waals surface area contributed by atoms with Crippen molar-refractivity contribution in [3.63, 3.8) is 0 Å². The number of carbonyl (C=O) groups excluding carboxylic acids is 1. The predicted octanol–water partition coefficient (Wildman–Crippen LogP) is 2.31. The van der Waals surface area contributed by atoms with Gasteiger partial charge in [-0.2, -0.15) is 4.72 Å². The van der Waals surface area contributed by atoms with Crippen LogP contribution in [0.1, 0.15) is 29.3 Å². The zero-order valence-corrected chi connectivity index (χ0v) is 18.2. The van der Waals surface area contributed by atoms with Gasteiger partial charge in [-0.15, -0.1) is 6.42 Å². The number of nitrogens with one attached hydrogen (secondary N) is 3. The maximum Gasteiger partial charge on any atom is 0.255 e. The smallest absolute Gasteiger partial charge is 0.255 e. The van der Waals surface area contributed by atoms with Gasteiger partial charge in [-0.3, -0.25) is 9.52 Å². The molecule has 0 atom stereocenters. The topological polar surface area (TPSA) is 121 Å². The fraction of sp³-hybridized carbons (Fsp3) is 0.250. The molecule has 160 valence electrons. The Balaban J connectivity index is 2.19. The van der Waals surface area contributed by atoms with E-state index in [0.717, 1.165) is 0 Å². The summed E-state index contributed by atoms with van der Waals surface area (Å²) < 4.78 is 52.9. The molecular weight excluding hydrogens is 426 g/mol. The van der Waals surface area contributed by atoms with Crippen molar-refractivity contribution >= 4 is 37.3 Å². The minimum Gasteiger partial charge on any atom is -0.322 e. The van der Waals surface area contributed by atoms with Gasteiger partial charge in [0.25, 0.3) is 5.91 Å². The van der Waals surface area contributed by atoms with E-state index in [1.54, 1.807) is 32.0 Å². The molecule has 2 rings (SSSR count). The first-order chi connectivity index (χ1) is 14.1. The van der Waals surface area contributed by atoms with Crippen LogP contribution in [0.3, 0.4) is 0 Å². The van der Waals surface area contributed by atoms with E-state index in [9.17, 15) is 21.6 Å². The molecule has 3 N–H and O–H groups in total. The number of anilines is 2. The average Bonchev–Trinajstić information content (AvgIpc) is 2.69. The Morgan fingerprint density at radius 2 is 1.67 bits per heavy atom. The van der Waals surface area contributed by atoms with Gasteiger partial charge in [0.05, 0.1) is 22.9 Å². The number of sulfonamides is 2. The Hall–Kier alpha value is -2.87. The molecule has 0 saturated carbocycles. The number of terminal acetylenes is 1. The summed E-state index contributed by atoms with van der Waals surface area (Å²) in [6.07, 6.45) is 5.54. The largest absolute Gasteiger partial charge is 0.322 e. The van der Waals surface area contributed by atoms with Crippen LogP contribution in [0.2, 0.25) is 0 Å². The summed E-state index contributed by atoms with van der Waals surface area (Å²) in [7, 11) is -7.22. The minimum absolute atomic E-state index is 0.00547. The van der Waals surface area contributed by atoms with Gasteiger partial charge in [-0.25, -0.2) is 16.8 Å². The van der Waals surface area contributed by atoms with Crippen LogP contribution in [0.5, 0.6) is 0 Å². The van der Waals surface area contributed by atoms with E-state index in [1.165, 1.54) is 24.3 Å². The Morgan fingerprint density at radius 1 is 1.03 bits per heavy atom. The predicted molar refractivity (Wildman–Crippen MR) is 117 cm³/mol. The average molecular weight is 450 g/mol. The molecule has 0 aromatic heterocycles.